The first-order chi connectivity index (χ1) is 11.7. The number of carboxylic acid groups (broad SMARTS) is 1. The molecule has 2 aromatic carbocycles. The molecule has 0 atom stereocenters. The maximum Gasteiger partial charge on any atom is 0.357 e. The normalized spacial score (nSPS) is 10.4. The number of nitrogens with one attached hydrogen (secondary N) is 2. The summed E-state index contributed by atoms with van der Waals surface area (Å²) in [6.45, 7) is 0. The molecular weight excluding hydrogens is 402 g/mol. The van der Waals surface area contributed by atoms with E-state index in [0.717, 1.165) is 21.7 Å². The van der Waals surface area contributed by atoms with Gasteiger partial charge in [0.25, 0.3) is 0 Å². The summed E-state index contributed by atoms with van der Waals surface area (Å²) >= 11 is 1.36. The van der Waals surface area contributed by atoms with Crippen molar-refractivity contribution >= 4 is 28.7 Å². The van der Waals surface area contributed by atoms with Crippen LogP contribution in [0.5, 0.6) is 0 Å². The fourth-order valence-electron chi connectivity index (χ4n) is 2.24. The highest BCUT2D eigenvalue weighted by Crippen LogP contribution is 2.27. The van der Waals surface area contributed by atoms with Crippen LogP contribution >= 0.6 is 11.3 Å². The average Bonchev–Trinajstić information content (AvgIpc) is 2.98. The molecule has 0 aliphatic heterocycles. The maximum atomic E-state index is 11.1. The van der Waals surface area contributed by atoms with Crippen molar-refractivity contribution in [1.82, 2.24) is 0 Å². The predicted octanol–water partition coefficient (Wildman–Crippen LogP) is 0.306. The van der Waals surface area contributed by atoms with Crippen molar-refractivity contribution in [1.29, 1.82) is 0 Å². The Labute approximate surface area is 159 Å². The second-order valence-electron chi connectivity index (χ2n) is 5.07. The second kappa shape index (κ2) is 9.10. The Morgan fingerprint density at radius 3 is 2.40 bits per heavy atom. The SMILES string of the molecule is O=C(O)Cc1sc(NN=Cc2ccccc2)[nH+]c1-c1ccccc1.[Br-]. The molecule has 0 aliphatic carbocycles. The van der Waals surface area contributed by atoms with E-state index in [2.05, 4.69) is 15.5 Å². The summed E-state index contributed by atoms with van der Waals surface area (Å²) in [5.41, 5.74) is 5.67. The molecule has 3 aromatic rings. The number of hydrazone groups is 1. The van der Waals surface area contributed by atoms with Crippen molar-refractivity contribution in [2.75, 3.05) is 5.43 Å². The minimum absolute atomic E-state index is 0. The van der Waals surface area contributed by atoms with Gasteiger partial charge in [0.15, 0.2) is 0 Å². The summed E-state index contributed by atoms with van der Waals surface area (Å²) in [6.07, 6.45) is 1.68. The number of aromatic amines is 1. The lowest BCUT2D eigenvalue weighted by atomic mass is 10.1. The van der Waals surface area contributed by atoms with E-state index in [9.17, 15) is 4.79 Å². The van der Waals surface area contributed by atoms with E-state index in [0.29, 0.717) is 5.13 Å². The molecule has 0 amide bonds. The first-order valence-electron chi connectivity index (χ1n) is 7.38. The fourth-order valence-corrected chi connectivity index (χ4v) is 3.20. The van der Waals surface area contributed by atoms with Gasteiger partial charge in [-0.25, -0.2) is 4.98 Å². The zero-order valence-electron chi connectivity index (χ0n) is 13.1. The molecule has 0 spiro atoms. The van der Waals surface area contributed by atoms with E-state index >= 15 is 0 Å². The van der Waals surface area contributed by atoms with Crippen LogP contribution in [-0.4, -0.2) is 17.3 Å². The van der Waals surface area contributed by atoms with Crippen LogP contribution in [0.4, 0.5) is 5.13 Å². The largest absolute Gasteiger partial charge is 1.00 e. The molecule has 3 rings (SSSR count). The highest BCUT2D eigenvalue weighted by atomic mass is 79.9. The summed E-state index contributed by atoms with van der Waals surface area (Å²) in [7, 11) is 0. The van der Waals surface area contributed by atoms with Gasteiger partial charge in [0, 0.05) is 5.56 Å². The summed E-state index contributed by atoms with van der Waals surface area (Å²) in [5, 5.41) is 14.0. The third-order valence-corrected chi connectivity index (χ3v) is 4.29. The number of thiazole rings is 1. The van der Waals surface area contributed by atoms with Gasteiger partial charge in [-0.3, -0.25) is 4.79 Å². The third kappa shape index (κ3) is 5.23. The Bertz CT molecular complexity index is 851. The van der Waals surface area contributed by atoms with E-state index in [1.54, 1.807) is 6.21 Å². The minimum Gasteiger partial charge on any atom is -1.00 e. The number of aromatic nitrogens is 1. The van der Waals surface area contributed by atoms with Crippen LogP contribution in [0.15, 0.2) is 65.8 Å². The van der Waals surface area contributed by atoms with E-state index in [1.807, 2.05) is 60.7 Å². The Kier molecular flexibility index (Phi) is 6.85. The van der Waals surface area contributed by atoms with Gasteiger partial charge in [-0.05, 0) is 16.9 Å². The lowest BCUT2D eigenvalue weighted by molar-refractivity contribution is -0.341. The molecule has 0 unspecified atom stereocenters. The van der Waals surface area contributed by atoms with Crippen LogP contribution in [-0.2, 0) is 11.2 Å². The smallest absolute Gasteiger partial charge is 0.357 e. The molecule has 0 fully saturated rings. The van der Waals surface area contributed by atoms with Gasteiger partial charge < -0.3 is 22.1 Å². The molecule has 1 heterocycles. The standard InChI is InChI=1S/C18H15N3O2S.BrH/c22-16(23)11-15-17(14-9-5-2-6-10-14)20-18(24-15)21-19-12-13-7-3-1-4-8-13;/h1-10,12H,11H2,(H,20,21)(H,22,23);1H. The Morgan fingerprint density at radius 1 is 1.12 bits per heavy atom. The summed E-state index contributed by atoms with van der Waals surface area (Å²) in [5.74, 6) is -0.859. The number of halogens is 1. The van der Waals surface area contributed by atoms with Crippen molar-refractivity contribution in [3.63, 3.8) is 0 Å². The number of anilines is 1. The van der Waals surface area contributed by atoms with Crippen molar-refractivity contribution < 1.29 is 31.9 Å². The lowest BCUT2D eigenvalue weighted by Gasteiger charge is -1.97. The lowest BCUT2D eigenvalue weighted by Crippen LogP contribution is -3.00. The van der Waals surface area contributed by atoms with Crippen LogP contribution < -0.4 is 27.4 Å². The number of benzene rings is 2. The number of H-pyrrole nitrogens is 1. The molecule has 7 heteroatoms. The van der Waals surface area contributed by atoms with Crippen LogP contribution in [0.1, 0.15) is 10.4 Å². The monoisotopic (exact) mass is 417 g/mol. The van der Waals surface area contributed by atoms with Gasteiger partial charge in [-0.2, -0.15) is 0 Å². The average molecular weight is 418 g/mol. The number of nitrogens with zero attached hydrogens (tertiary/aromatic N) is 1. The number of hydrogen-bond acceptors (Lipinski definition) is 4. The summed E-state index contributed by atoms with van der Waals surface area (Å²) < 4.78 is 0. The first-order valence-corrected chi connectivity index (χ1v) is 8.20. The number of carboxylic acids is 1. The topological polar surface area (TPSA) is 75.8 Å². The van der Waals surface area contributed by atoms with E-state index in [-0.39, 0.29) is 23.4 Å². The molecule has 3 N–H and O–H groups in total. The third-order valence-electron chi connectivity index (χ3n) is 3.30. The second-order valence-corrected chi connectivity index (χ2v) is 6.18. The van der Waals surface area contributed by atoms with Gasteiger partial charge in [-0.15, -0.1) is 5.43 Å². The molecule has 1 aromatic heterocycles. The van der Waals surface area contributed by atoms with E-state index in [4.69, 9.17) is 5.11 Å². The maximum absolute atomic E-state index is 11.1. The Morgan fingerprint density at radius 2 is 1.76 bits per heavy atom. The quantitative estimate of drug-likeness (QED) is 0.447. The van der Waals surface area contributed by atoms with Gasteiger partial charge in [0.2, 0.25) is 0 Å². The molecule has 5 nitrogen and oxygen atoms in total. The molecule has 0 aliphatic rings. The number of hydrogen-bond donors (Lipinski definition) is 2. The van der Waals surface area contributed by atoms with E-state index in [1.165, 1.54) is 11.3 Å². The van der Waals surface area contributed by atoms with Gasteiger partial charge in [-0.1, -0.05) is 65.8 Å². The summed E-state index contributed by atoms with van der Waals surface area (Å²) in [4.78, 5) is 15.1. The molecule has 0 saturated carbocycles. The van der Waals surface area contributed by atoms with Crippen molar-refractivity contribution in [2.45, 2.75) is 6.42 Å². The molecule has 0 radical (unpaired) electrons. The predicted molar refractivity (Wildman–Crippen MR) is 95.3 cm³/mol. The van der Waals surface area contributed by atoms with Gasteiger partial charge >= 0.3 is 11.1 Å². The van der Waals surface area contributed by atoms with Crippen molar-refractivity contribution in [2.24, 2.45) is 5.10 Å². The van der Waals surface area contributed by atoms with Crippen molar-refractivity contribution in [3.05, 3.63) is 71.1 Å². The highest BCUT2D eigenvalue weighted by Gasteiger charge is 2.19. The van der Waals surface area contributed by atoms with E-state index < -0.39 is 5.97 Å². The molecule has 0 saturated heterocycles. The molecular formula is C18H16BrN3O2S. The number of carbonyl (C=O) groups is 1. The Hall–Kier alpha value is -2.51. The number of aliphatic carboxylic acids is 1. The van der Waals surface area contributed by atoms with Crippen molar-refractivity contribution in [3.8, 4) is 11.3 Å². The van der Waals surface area contributed by atoms with Crippen LogP contribution in [0.3, 0.4) is 0 Å². The molecule has 25 heavy (non-hydrogen) atoms. The zero-order valence-corrected chi connectivity index (χ0v) is 15.5. The Balaban J connectivity index is 0.00000225. The highest BCUT2D eigenvalue weighted by molar-refractivity contribution is 7.15. The minimum atomic E-state index is -0.859. The van der Waals surface area contributed by atoms with Gasteiger partial charge in [0.1, 0.15) is 5.69 Å². The fraction of sp³-hybridized carbons (Fsp3) is 0.0556. The van der Waals surface area contributed by atoms with Crippen LogP contribution in [0.2, 0.25) is 0 Å². The van der Waals surface area contributed by atoms with Crippen LogP contribution in [0.25, 0.3) is 11.3 Å². The molecule has 0 bridgehead atoms. The van der Waals surface area contributed by atoms with Gasteiger partial charge in [0.05, 0.1) is 17.5 Å². The summed E-state index contributed by atoms with van der Waals surface area (Å²) in [6, 6.07) is 19.4. The van der Waals surface area contributed by atoms with Crippen LogP contribution in [0, 0.1) is 0 Å². The first kappa shape index (κ1) is 18.8. The molecule has 128 valence electrons. The number of rotatable bonds is 6. The zero-order chi connectivity index (χ0) is 16.8.